The van der Waals surface area contributed by atoms with Crippen LogP contribution in [0.25, 0.3) is 0 Å². The Morgan fingerprint density at radius 3 is 2.50 bits per heavy atom. The van der Waals surface area contributed by atoms with Gasteiger partial charge >= 0.3 is 0 Å². The monoisotopic (exact) mass is 250 g/mol. The van der Waals surface area contributed by atoms with Crippen LogP contribution in [0.2, 0.25) is 0 Å². The van der Waals surface area contributed by atoms with E-state index in [9.17, 15) is 0 Å². The van der Waals surface area contributed by atoms with Gasteiger partial charge in [-0.15, -0.1) is 0 Å². The van der Waals surface area contributed by atoms with Gasteiger partial charge in [-0.05, 0) is 62.9 Å². The van der Waals surface area contributed by atoms with Crippen molar-refractivity contribution in [3.63, 3.8) is 0 Å². The third-order valence-electron chi connectivity index (χ3n) is 5.99. The van der Waals surface area contributed by atoms with Gasteiger partial charge < -0.3 is 5.73 Å². The molecule has 0 amide bonds. The Bertz CT molecular complexity index is 270. The van der Waals surface area contributed by atoms with E-state index in [2.05, 4.69) is 4.90 Å². The smallest absolute Gasteiger partial charge is 0.0124 e. The van der Waals surface area contributed by atoms with Gasteiger partial charge in [0.15, 0.2) is 0 Å². The van der Waals surface area contributed by atoms with E-state index in [0.29, 0.717) is 5.41 Å². The lowest BCUT2D eigenvalue weighted by Crippen LogP contribution is -2.50. The first-order valence-corrected chi connectivity index (χ1v) is 8.27. The van der Waals surface area contributed by atoms with Crippen LogP contribution in [-0.4, -0.2) is 30.6 Å². The molecule has 2 nitrogen and oxygen atoms in total. The van der Waals surface area contributed by atoms with E-state index in [0.717, 1.165) is 18.5 Å². The third-order valence-corrected chi connectivity index (χ3v) is 5.99. The minimum absolute atomic E-state index is 0.475. The summed E-state index contributed by atoms with van der Waals surface area (Å²) in [7, 11) is 0. The topological polar surface area (TPSA) is 29.3 Å². The molecule has 0 radical (unpaired) electrons. The van der Waals surface area contributed by atoms with Crippen molar-refractivity contribution in [3.05, 3.63) is 0 Å². The summed E-state index contributed by atoms with van der Waals surface area (Å²) in [6, 6.07) is 0.920. The van der Waals surface area contributed by atoms with Gasteiger partial charge in [0.05, 0.1) is 0 Å². The van der Waals surface area contributed by atoms with Gasteiger partial charge in [-0.2, -0.15) is 0 Å². The summed E-state index contributed by atoms with van der Waals surface area (Å²) in [5.41, 5.74) is 6.64. The highest BCUT2D eigenvalue weighted by Crippen LogP contribution is 2.41. The molecule has 2 saturated carbocycles. The van der Waals surface area contributed by atoms with Crippen LogP contribution >= 0.6 is 0 Å². The molecule has 0 aromatic rings. The van der Waals surface area contributed by atoms with Crippen molar-refractivity contribution in [1.82, 2.24) is 4.90 Å². The van der Waals surface area contributed by atoms with E-state index >= 15 is 0 Å². The van der Waals surface area contributed by atoms with Gasteiger partial charge in [0.1, 0.15) is 0 Å². The molecule has 1 saturated heterocycles. The number of likely N-dealkylation sites (tertiary alicyclic amines) is 1. The number of hydrogen-bond acceptors (Lipinski definition) is 2. The maximum atomic E-state index is 6.17. The summed E-state index contributed by atoms with van der Waals surface area (Å²) in [6.45, 7) is 3.58. The highest BCUT2D eigenvalue weighted by atomic mass is 15.2. The van der Waals surface area contributed by atoms with E-state index in [4.69, 9.17) is 5.73 Å². The Kier molecular flexibility index (Phi) is 3.95. The van der Waals surface area contributed by atoms with E-state index in [-0.39, 0.29) is 0 Å². The van der Waals surface area contributed by atoms with Crippen LogP contribution in [0.4, 0.5) is 0 Å². The number of nitrogens with zero attached hydrogens (tertiary/aromatic N) is 1. The van der Waals surface area contributed by atoms with Crippen LogP contribution in [0.1, 0.15) is 64.2 Å². The summed E-state index contributed by atoms with van der Waals surface area (Å²) in [4.78, 5) is 2.85. The van der Waals surface area contributed by atoms with Crippen molar-refractivity contribution in [1.29, 1.82) is 0 Å². The lowest BCUT2D eigenvalue weighted by Gasteiger charge is -2.45. The number of fused-ring (bicyclic) bond motifs is 1. The van der Waals surface area contributed by atoms with E-state index < -0.39 is 0 Å². The SMILES string of the molecule is NCC1(CN2CCCC3CCCC32)CCCCC1. The van der Waals surface area contributed by atoms with E-state index in [1.165, 1.54) is 77.3 Å². The number of piperidine rings is 1. The van der Waals surface area contributed by atoms with E-state index in [1.807, 2.05) is 0 Å². The fourth-order valence-electron chi connectivity index (χ4n) is 4.91. The molecule has 2 unspecified atom stereocenters. The second-order valence-corrected chi connectivity index (χ2v) is 7.14. The molecule has 3 aliphatic rings. The molecule has 3 fully saturated rings. The minimum Gasteiger partial charge on any atom is -0.330 e. The van der Waals surface area contributed by atoms with Crippen LogP contribution in [0.15, 0.2) is 0 Å². The lowest BCUT2D eigenvalue weighted by atomic mass is 9.73. The predicted molar refractivity (Wildman–Crippen MR) is 76.5 cm³/mol. The standard InChI is InChI=1S/C16H30N2/c17-12-16(9-2-1-3-10-16)13-18-11-5-7-14-6-4-8-15(14)18/h14-15H,1-13,17H2. The van der Waals surface area contributed by atoms with Crippen molar-refractivity contribution < 1.29 is 0 Å². The van der Waals surface area contributed by atoms with E-state index in [1.54, 1.807) is 0 Å². The maximum absolute atomic E-state index is 6.17. The first-order chi connectivity index (χ1) is 8.83. The molecule has 0 bridgehead atoms. The average Bonchev–Trinajstić information content (AvgIpc) is 2.89. The van der Waals surface area contributed by atoms with Crippen molar-refractivity contribution >= 4 is 0 Å². The lowest BCUT2D eigenvalue weighted by molar-refractivity contribution is 0.0433. The molecule has 0 aromatic carbocycles. The van der Waals surface area contributed by atoms with Crippen LogP contribution in [0, 0.1) is 11.3 Å². The highest BCUT2D eigenvalue weighted by Gasteiger charge is 2.39. The molecule has 104 valence electrons. The number of hydrogen-bond donors (Lipinski definition) is 1. The predicted octanol–water partition coefficient (Wildman–Crippen LogP) is 3.16. The fraction of sp³-hybridized carbons (Fsp3) is 1.00. The maximum Gasteiger partial charge on any atom is 0.0124 e. The molecule has 2 atom stereocenters. The molecule has 2 heteroatoms. The Balaban J connectivity index is 1.66. The third kappa shape index (κ3) is 2.46. The Morgan fingerprint density at radius 2 is 1.72 bits per heavy atom. The van der Waals surface area contributed by atoms with Crippen molar-refractivity contribution in [3.8, 4) is 0 Å². The highest BCUT2D eigenvalue weighted by molar-refractivity contribution is 4.94. The first kappa shape index (κ1) is 12.9. The molecule has 18 heavy (non-hydrogen) atoms. The Labute approximate surface area is 112 Å². The molecule has 1 heterocycles. The van der Waals surface area contributed by atoms with Gasteiger partial charge in [-0.1, -0.05) is 25.7 Å². The second-order valence-electron chi connectivity index (χ2n) is 7.14. The molecular formula is C16H30N2. The average molecular weight is 250 g/mol. The molecule has 1 aliphatic heterocycles. The zero-order valence-corrected chi connectivity index (χ0v) is 11.9. The Hall–Kier alpha value is -0.0800. The normalized spacial score (nSPS) is 36.5. The van der Waals surface area contributed by atoms with Gasteiger partial charge in [-0.3, -0.25) is 4.90 Å². The van der Waals surface area contributed by atoms with Gasteiger partial charge in [0, 0.05) is 12.6 Å². The van der Waals surface area contributed by atoms with Gasteiger partial charge in [0.2, 0.25) is 0 Å². The minimum atomic E-state index is 0.475. The number of nitrogens with two attached hydrogens (primary N) is 1. The van der Waals surface area contributed by atoms with Gasteiger partial charge in [0.25, 0.3) is 0 Å². The molecule has 0 aromatic heterocycles. The summed E-state index contributed by atoms with van der Waals surface area (Å²) in [5, 5.41) is 0. The fourth-order valence-corrected chi connectivity index (χ4v) is 4.91. The molecule has 0 spiro atoms. The van der Waals surface area contributed by atoms with Crippen molar-refractivity contribution in [2.24, 2.45) is 17.1 Å². The van der Waals surface area contributed by atoms with Crippen LogP contribution < -0.4 is 5.73 Å². The molecule has 2 aliphatic carbocycles. The van der Waals surface area contributed by atoms with Crippen molar-refractivity contribution in [2.75, 3.05) is 19.6 Å². The largest absolute Gasteiger partial charge is 0.330 e. The molecule has 2 N–H and O–H groups in total. The zero-order chi connectivity index (χ0) is 12.4. The molecule has 3 rings (SSSR count). The molecular weight excluding hydrogens is 220 g/mol. The Morgan fingerprint density at radius 1 is 0.944 bits per heavy atom. The second kappa shape index (κ2) is 5.50. The summed E-state index contributed by atoms with van der Waals surface area (Å²) in [5.74, 6) is 1.03. The summed E-state index contributed by atoms with van der Waals surface area (Å²) >= 11 is 0. The van der Waals surface area contributed by atoms with Crippen molar-refractivity contribution in [2.45, 2.75) is 70.3 Å². The summed E-state index contributed by atoms with van der Waals surface area (Å²) < 4.78 is 0. The first-order valence-electron chi connectivity index (χ1n) is 8.27. The van der Waals surface area contributed by atoms with Crippen LogP contribution in [0.3, 0.4) is 0 Å². The number of rotatable bonds is 3. The van der Waals surface area contributed by atoms with Crippen LogP contribution in [0.5, 0.6) is 0 Å². The zero-order valence-electron chi connectivity index (χ0n) is 11.9. The van der Waals surface area contributed by atoms with Crippen LogP contribution in [-0.2, 0) is 0 Å². The quantitative estimate of drug-likeness (QED) is 0.833. The summed E-state index contributed by atoms with van der Waals surface area (Å²) in [6.07, 6.45) is 14.4. The van der Waals surface area contributed by atoms with Gasteiger partial charge in [-0.25, -0.2) is 0 Å².